The number of ether oxygens (including phenoxy) is 1. The lowest BCUT2D eigenvalue weighted by Gasteiger charge is -2.34. The van der Waals surface area contributed by atoms with Crippen molar-refractivity contribution in [1.29, 1.82) is 0 Å². The highest BCUT2D eigenvalue weighted by Crippen LogP contribution is 2.21. The highest BCUT2D eigenvalue weighted by atomic mass is 16.5. The fourth-order valence-electron chi connectivity index (χ4n) is 3.68. The summed E-state index contributed by atoms with van der Waals surface area (Å²) in [5, 5.41) is 7.69. The van der Waals surface area contributed by atoms with Crippen LogP contribution in [-0.2, 0) is 18.2 Å². The van der Waals surface area contributed by atoms with E-state index in [0.29, 0.717) is 13.2 Å². The third kappa shape index (κ3) is 4.42. The van der Waals surface area contributed by atoms with E-state index in [4.69, 9.17) is 14.7 Å². The molecule has 3 aromatic heterocycles. The maximum absolute atomic E-state index is 5.96. The number of aliphatic imine (C=N–C) groups is 1. The van der Waals surface area contributed by atoms with Crippen LogP contribution in [0.25, 0.3) is 5.65 Å². The van der Waals surface area contributed by atoms with Crippen molar-refractivity contribution in [2.75, 3.05) is 32.8 Å². The van der Waals surface area contributed by atoms with Gasteiger partial charge in [0.25, 0.3) is 0 Å². The van der Waals surface area contributed by atoms with Crippen molar-refractivity contribution in [3.63, 3.8) is 0 Å². The van der Waals surface area contributed by atoms with Crippen LogP contribution in [0.4, 0.5) is 0 Å². The summed E-state index contributed by atoms with van der Waals surface area (Å²) < 4.78 is 9.86. The van der Waals surface area contributed by atoms with E-state index in [0.717, 1.165) is 48.9 Å². The Morgan fingerprint density at radius 3 is 3.03 bits per heavy atom. The second kappa shape index (κ2) is 8.65. The second-order valence-corrected chi connectivity index (χ2v) is 7.39. The monoisotopic (exact) mass is 395 g/mol. The van der Waals surface area contributed by atoms with Crippen molar-refractivity contribution < 1.29 is 4.74 Å². The summed E-state index contributed by atoms with van der Waals surface area (Å²) >= 11 is 0. The van der Waals surface area contributed by atoms with Crippen LogP contribution in [-0.4, -0.2) is 62.8 Å². The molecule has 3 aromatic rings. The van der Waals surface area contributed by atoms with Gasteiger partial charge in [0, 0.05) is 57.3 Å². The number of hydrogen-bond acceptors (Lipinski definition) is 4. The Labute approximate surface area is 171 Å². The van der Waals surface area contributed by atoms with Crippen molar-refractivity contribution in [2.24, 2.45) is 12.0 Å². The number of morpholine rings is 1. The van der Waals surface area contributed by atoms with Crippen LogP contribution < -0.4 is 5.32 Å². The first-order chi connectivity index (χ1) is 14.1. The van der Waals surface area contributed by atoms with Gasteiger partial charge in [0.2, 0.25) is 0 Å². The summed E-state index contributed by atoms with van der Waals surface area (Å²) in [6.45, 7) is 7.99. The van der Waals surface area contributed by atoms with Crippen LogP contribution in [0.15, 0.2) is 41.9 Å². The van der Waals surface area contributed by atoms with E-state index in [1.54, 1.807) is 0 Å². The third-order valence-electron chi connectivity index (χ3n) is 5.15. The highest BCUT2D eigenvalue weighted by molar-refractivity contribution is 5.80. The minimum absolute atomic E-state index is 0.0164. The van der Waals surface area contributed by atoms with Crippen molar-refractivity contribution in [2.45, 2.75) is 26.4 Å². The van der Waals surface area contributed by atoms with Gasteiger partial charge in [0.05, 0.1) is 25.0 Å². The number of nitrogens with one attached hydrogen (secondary N) is 1. The molecule has 1 aliphatic heterocycles. The number of pyridine rings is 1. The topological polar surface area (TPSA) is 72.0 Å². The molecule has 0 aromatic carbocycles. The van der Waals surface area contributed by atoms with Crippen molar-refractivity contribution in [1.82, 2.24) is 29.4 Å². The van der Waals surface area contributed by atoms with Crippen LogP contribution in [0.5, 0.6) is 0 Å². The Kier molecular flexibility index (Phi) is 5.80. The van der Waals surface area contributed by atoms with E-state index in [9.17, 15) is 0 Å². The van der Waals surface area contributed by atoms with E-state index in [2.05, 4.69) is 45.8 Å². The highest BCUT2D eigenvalue weighted by Gasteiger charge is 2.25. The van der Waals surface area contributed by atoms with Gasteiger partial charge >= 0.3 is 0 Å². The van der Waals surface area contributed by atoms with E-state index in [1.807, 2.05) is 36.4 Å². The minimum atomic E-state index is 0.0164. The van der Waals surface area contributed by atoms with Crippen molar-refractivity contribution >= 4 is 11.6 Å². The first kappa shape index (κ1) is 19.4. The zero-order chi connectivity index (χ0) is 20.2. The second-order valence-electron chi connectivity index (χ2n) is 7.39. The average Bonchev–Trinajstić information content (AvgIpc) is 3.34. The predicted octanol–water partition coefficient (Wildman–Crippen LogP) is 1.96. The molecule has 8 heteroatoms. The van der Waals surface area contributed by atoms with E-state index < -0.39 is 0 Å². The fourth-order valence-corrected chi connectivity index (χ4v) is 3.68. The Balaban J connectivity index is 1.43. The summed E-state index contributed by atoms with van der Waals surface area (Å²) in [7, 11) is 1.93. The molecule has 1 aliphatic rings. The van der Waals surface area contributed by atoms with Gasteiger partial charge in [-0.1, -0.05) is 6.07 Å². The maximum atomic E-state index is 5.96. The first-order valence-electron chi connectivity index (χ1n) is 10.2. The van der Waals surface area contributed by atoms with E-state index >= 15 is 0 Å². The molecule has 0 amide bonds. The summed E-state index contributed by atoms with van der Waals surface area (Å²) in [4.78, 5) is 11.9. The molecule has 1 fully saturated rings. The molecule has 0 saturated carbocycles. The van der Waals surface area contributed by atoms with Crippen LogP contribution in [0.3, 0.4) is 0 Å². The molecule has 154 valence electrons. The molecule has 0 bridgehead atoms. The smallest absolute Gasteiger partial charge is 0.194 e. The number of aromatic nitrogens is 4. The molecule has 1 N–H and O–H groups in total. The first-order valence-corrected chi connectivity index (χ1v) is 10.2. The van der Waals surface area contributed by atoms with Crippen LogP contribution in [0, 0.1) is 6.92 Å². The normalized spacial score (nSPS) is 17.8. The lowest BCUT2D eigenvalue weighted by molar-refractivity contribution is -0.00803. The number of rotatable bonds is 5. The zero-order valence-corrected chi connectivity index (χ0v) is 17.4. The Bertz CT molecular complexity index is 990. The summed E-state index contributed by atoms with van der Waals surface area (Å²) in [6, 6.07) is 4.14. The summed E-state index contributed by atoms with van der Waals surface area (Å²) in [5.74, 6) is 0.935. The van der Waals surface area contributed by atoms with Crippen molar-refractivity contribution in [3.8, 4) is 0 Å². The third-order valence-corrected chi connectivity index (χ3v) is 5.15. The number of nitrogens with zero attached hydrogens (tertiary/aromatic N) is 6. The number of guanidine groups is 1. The molecule has 0 radical (unpaired) electrons. The van der Waals surface area contributed by atoms with Crippen molar-refractivity contribution in [3.05, 3.63) is 53.7 Å². The Hall–Kier alpha value is -2.87. The van der Waals surface area contributed by atoms with Gasteiger partial charge in [-0.15, -0.1) is 0 Å². The molecule has 0 aliphatic carbocycles. The minimum Gasteiger partial charge on any atom is -0.370 e. The standard InChI is InChI=1S/C21H29N7O/c1-4-22-21(28-10-11-29-19(15-28)17-12-24-26(3)13-17)23-8-7-18-14-27-9-5-6-16(2)20(27)25-18/h5-6,9,12-14,19H,4,7-8,10-11,15H2,1-3H3,(H,22,23). The zero-order valence-electron chi connectivity index (χ0n) is 17.4. The summed E-state index contributed by atoms with van der Waals surface area (Å²) in [5.41, 5.74) is 4.37. The lowest BCUT2D eigenvalue weighted by atomic mass is 10.1. The number of imidazole rings is 1. The van der Waals surface area contributed by atoms with Gasteiger partial charge in [0.1, 0.15) is 11.8 Å². The molecular weight excluding hydrogens is 366 g/mol. The average molecular weight is 396 g/mol. The largest absolute Gasteiger partial charge is 0.370 e. The molecule has 1 unspecified atom stereocenters. The lowest BCUT2D eigenvalue weighted by Crippen LogP contribution is -2.48. The number of aryl methyl sites for hydroxylation is 2. The van der Waals surface area contributed by atoms with Crippen LogP contribution >= 0.6 is 0 Å². The molecule has 1 saturated heterocycles. The van der Waals surface area contributed by atoms with Gasteiger partial charge in [-0.05, 0) is 25.5 Å². The maximum Gasteiger partial charge on any atom is 0.194 e. The van der Waals surface area contributed by atoms with Gasteiger partial charge in [-0.25, -0.2) is 4.98 Å². The quantitative estimate of drug-likeness (QED) is 0.528. The Morgan fingerprint density at radius 2 is 2.28 bits per heavy atom. The van der Waals surface area contributed by atoms with Crippen LogP contribution in [0.2, 0.25) is 0 Å². The molecular formula is C21H29N7O. The predicted molar refractivity (Wildman–Crippen MR) is 113 cm³/mol. The van der Waals surface area contributed by atoms with Crippen LogP contribution in [0.1, 0.15) is 29.8 Å². The van der Waals surface area contributed by atoms with Gasteiger partial charge in [0.15, 0.2) is 5.96 Å². The number of hydrogen-bond donors (Lipinski definition) is 1. The van der Waals surface area contributed by atoms with E-state index in [-0.39, 0.29) is 6.10 Å². The molecule has 8 nitrogen and oxygen atoms in total. The van der Waals surface area contributed by atoms with Gasteiger partial charge in [-0.2, -0.15) is 5.10 Å². The molecule has 29 heavy (non-hydrogen) atoms. The summed E-state index contributed by atoms with van der Waals surface area (Å²) in [6.07, 6.45) is 8.86. The Morgan fingerprint density at radius 1 is 1.38 bits per heavy atom. The molecule has 1 atom stereocenters. The molecule has 4 heterocycles. The number of fused-ring (bicyclic) bond motifs is 1. The van der Waals surface area contributed by atoms with E-state index in [1.165, 1.54) is 5.56 Å². The van der Waals surface area contributed by atoms with Gasteiger partial charge < -0.3 is 19.4 Å². The molecule has 4 rings (SSSR count). The fraction of sp³-hybridized carbons (Fsp3) is 0.476. The molecule has 0 spiro atoms. The van der Waals surface area contributed by atoms with Gasteiger partial charge in [-0.3, -0.25) is 9.67 Å². The SMILES string of the molecule is CCNC(=NCCc1cn2cccc(C)c2n1)N1CCOC(c2cnn(C)c2)C1.